The molecule has 1 aromatic heterocycles. The molecular weight excluding hydrogens is 388 g/mol. The van der Waals surface area contributed by atoms with E-state index in [1.54, 1.807) is 15.8 Å². The average Bonchev–Trinajstić information content (AvgIpc) is 3.17. The maximum atomic E-state index is 13.3. The normalized spacial score (nSPS) is 16.9. The van der Waals surface area contributed by atoms with Gasteiger partial charge in [0.05, 0.1) is 29.1 Å². The van der Waals surface area contributed by atoms with Crippen LogP contribution in [0.2, 0.25) is 5.02 Å². The van der Waals surface area contributed by atoms with E-state index in [1.165, 1.54) is 0 Å². The number of amides is 2. The Kier molecular flexibility index (Phi) is 6.96. The van der Waals surface area contributed by atoms with Crippen LogP contribution in [0.4, 0.5) is 0 Å². The number of nitrogens with zero attached hydrogens (tertiary/aromatic N) is 3. The van der Waals surface area contributed by atoms with Gasteiger partial charge < -0.3 is 10.2 Å². The molecule has 1 aliphatic rings. The molecule has 1 N–H and O–H groups in total. The Hall–Kier alpha value is -2.34. The predicted molar refractivity (Wildman–Crippen MR) is 115 cm³/mol. The van der Waals surface area contributed by atoms with E-state index in [-0.39, 0.29) is 23.7 Å². The van der Waals surface area contributed by atoms with Crippen molar-refractivity contribution in [3.8, 4) is 5.69 Å². The number of likely N-dealkylation sites (tertiary alicyclic amines) is 1. The fraction of sp³-hybridized carbons (Fsp3) is 0.500. The second kappa shape index (κ2) is 9.44. The summed E-state index contributed by atoms with van der Waals surface area (Å²) in [6.45, 7) is 7.91. The number of carbonyl (C=O) groups is 2. The number of carbonyl (C=O) groups excluding carboxylic acids is 2. The van der Waals surface area contributed by atoms with Crippen molar-refractivity contribution in [3.63, 3.8) is 0 Å². The number of hydrogen-bond donors (Lipinski definition) is 1. The summed E-state index contributed by atoms with van der Waals surface area (Å²) in [6.07, 6.45) is 4.19. The Morgan fingerprint density at radius 3 is 2.83 bits per heavy atom. The maximum absolute atomic E-state index is 13.3. The molecule has 1 aliphatic heterocycles. The monoisotopic (exact) mass is 416 g/mol. The van der Waals surface area contributed by atoms with Crippen LogP contribution in [0.3, 0.4) is 0 Å². The van der Waals surface area contributed by atoms with Gasteiger partial charge in [-0.15, -0.1) is 0 Å². The van der Waals surface area contributed by atoms with Gasteiger partial charge in [0, 0.05) is 24.7 Å². The van der Waals surface area contributed by atoms with Crippen LogP contribution >= 0.6 is 11.6 Å². The molecule has 6 nitrogen and oxygen atoms in total. The Bertz CT molecular complexity index is 877. The third-order valence-corrected chi connectivity index (χ3v) is 5.50. The van der Waals surface area contributed by atoms with Gasteiger partial charge in [-0.1, -0.05) is 38.4 Å². The molecule has 2 aromatic rings. The quantitative estimate of drug-likeness (QED) is 0.773. The highest BCUT2D eigenvalue weighted by Gasteiger charge is 2.31. The zero-order valence-corrected chi connectivity index (χ0v) is 18.1. The predicted octanol–water partition coefficient (Wildman–Crippen LogP) is 4.03. The molecule has 1 atom stereocenters. The van der Waals surface area contributed by atoms with Gasteiger partial charge in [-0.3, -0.25) is 9.59 Å². The molecular formula is C22H29ClN4O2. The van der Waals surface area contributed by atoms with Crippen LogP contribution in [-0.2, 0) is 4.79 Å². The van der Waals surface area contributed by atoms with Crippen molar-refractivity contribution >= 4 is 23.4 Å². The lowest BCUT2D eigenvalue weighted by Gasteiger charge is -2.32. The van der Waals surface area contributed by atoms with Crippen LogP contribution < -0.4 is 5.32 Å². The number of aromatic nitrogens is 2. The van der Waals surface area contributed by atoms with E-state index in [4.69, 9.17) is 11.6 Å². The Morgan fingerprint density at radius 1 is 1.34 bits per heavy atom. The fourth-order valence-corrected chi connectivity index (χ4v) is 4.01. The molecule has 2 heterocycles. The van der Waals surface area contributed by atoms with Gasteiger partial charge in [0.2, 0.25) is 5.91 Å². The van der Waals surface area contributed by atoms with E-state index < -0.39 is 0 Å². The highest BCUT2D eigenvalue weighted by molar-refractivity contribution is 6.30. The standard InChI is InChI=1S/C22H29ClN4O2/c1-4-10-24-21(28)16-7-6-11-26(14-16)22(29)19-13-25-27(20(19)15(2)3)18-9-5-8-17(23)12-18/h5,8-9,12-13,15-16H,4,6-7,10-11,14H2,1-3H3,(H,24,28). The van der Waals surface area contributed by atoms with E-state index in [0.29, 0.717) is 30.2 Å². The molecule has 1 unspecified atom stereocenters. The zero-order valence-electron chi connectivity index (χ0n) is 17.3. The van der Waals surface area contributed by atoms with Gasteiger partial charge in [0.15, 0.2) is 0 Å². The first kappa shape index (κ1) is 21.4. The summed E-state index contributed by atoms with van der Waals surface area (Å²) in [5.74, 6) is -0.0633. The summed E-state index contributed by atoms with van der Waals surface area (Å²) in [4.78, 5) is 27.5. The molecule has 7 heteroatoms. The molecule has 1 fully saturated rings. The van der Waals surface area contributed by atoms with E-state index in [2.05, 4.69) is 10.4 Å². The molecule has 0 radical (unpaired) electrons. The van der Waals surface area contributed by atoms with Gasteiger partial charge in [0.25, 0.3) is 5.91 Å². The topological polar surface area (TPSA) is 67.2 Å². The Labute approximate surface area is 177 Å². The first-order valence-electron chi connectivity index (χ1n) is 10.3. The lowest BCUT2D eigenvalue weighted by atomic mass is 9.96. The summed E-state index contributed by atoms with van der Waals surface area (Å²) in [7, 11) is 0. The molecule has 29 heavy (non-hydrogen) atoms. The summed E-state index contributed by atoms with van der Waals surface area (Å²) >= 11 is 6.15. The minimum absolute atomic E-state index is 0.0445. The van der Waals surface area contributed by atoms with E-state index >= 15 is 0 Å². The maximum Gasteiger partial charge on any atom is 0.257 e. The molecule has 0 saturated carbocycles. The highest BCUT2D eigenvalue weighted by Crippen LogP contribution is 2.27. The average molecular weight is 417 g/mol. The molecule has 3 rings (SSSR count). The SMILES string of the molecule is CCCNC(=O)C1CCCN(C(=O)c2cnn(-c3cccc(Cl)c3)c2C(C)C)C1. The number of nitrogens with one attached hydrogen (secondary N) is 1. The Morgan fingerprint density at radius 2 is 2.14 bits per heavy atom. The van der Waals surface area contributed by atoms with Crippen molar-refractivity contribution in [3.05, 3.63) is 46.7 Å². The second-order valence-electron chi connectivity index (χ2n) is 7.87. The van der Waals surface area contributed by atoms with Crippen LogP contribution in [0.15, 0.2) is 30.5 Å². The number of piperidine rings is 1. The lowest BCUT2D eigenvalue weighted by Crippen LogP contribution is -2.45. The number of halogens is 1. The molecule has 0 bridgehead atoms. The van der Waals surface area contributed by atoms with Crippen LogP contribution in [0.5, 0.6) is 0 Å². The van der Waals surface area contributed by atoms with Crippen molar-refractivity contribution in [2.45, 2.75) is 46.0 Å². The van der Waals surface area contributed by atoms with Crippen molar-refractivity contribution in [1.29, 1.82) is 0 Å². The van der Waals surface area contributed by atoms with E-state index in [0.717, 1.165) is 30.6 Å². The summed E-state index contributed by atoms with van der Waals surface area (Å²) in [6, 6.07) is 7.44. The van der Waals surface area contributed by atoms with Crippen LogP contribution in [0.1, 0.15) is 62.0 Å². The van der Waals surface area contributed by atoms with Crippen molar-refractivity contribution in [1.82, 2.24) is 20.0 Å². The minimum Gasteiger partial charge on any atom is -0.356 e. The van der Waals surface area contributed by atoms with Gasteiger partial charge in [-0.05, 0) is 43.4 Å². The molecule has 1 saturated heterocycles. The fourth-order valence-electron chi connectivity index (χ4n) is 3.83. The second-order valence-corrected chi connectivity index (χ2v) is 8.31. The van der Waals surface area contributed by atoms with Gasteiger partial charge >= 0.3 is 0 Å². The van der Waals surface area contributed by atoms with E-state index in [9.17, 15) is 9.59 Å². The number of rotatable bonds is 6. The van der Waals surface area contributed by atoms with Gasteiger partial charge in [-0.2, -0.15) is 5.10 Å². The van der Waals surface area contributed by atoms with Crippen LogP contribution in [0, 0.1) is 5.92 Å². The third kappa shape index (κ3) is 4.81. The first-order chi connectivity index (χ1) is 13.9. The van der Waals surface area contributed by atoms with Crippen LogP contribution in [-0.4, -0.2) is 46.1 Å². The molecule has 156 valence electrons. The number of benzene rings is 1. The van der Waals surface area contributed by atoms with Gasteiger partial charge in [0.1, 0.15) is 0 Å². The third-order valence-electron chi connectivity index (χ3n) is 5.27. The summed E-state index contributed by atoms with van der Waals surface area (Å²) in [5, 5.41) is 8.07. The van der Waals surface area contributed by atoms with Crippen molar-refractivity contribution < 1.29 is 9.59 Å². The van der Waals surface area contributed by atoms with Crippen molar-refractivity contribution in [2.24, 2.45) is 5.92 Å². The largest absolute Gasteiger partial charge is 0.356 e. The van der Waals surface area contributed by atoms with Gasteiger partial charge in [-0.25, -0.2) is 4.68 Å². The highest BCUT2D eigenvalue weighted by atomic mass is 35.5. The smallest absolute Gasteiger partial charge is 0.257 e. The minimum atomic E-state index is -0.148. The number of hydrogen-bond acceptors (Lipinski definition) is 3. The molecule has 1 aromatic carbocycles. The summed E-state index contributed by atoms with van der Waals surface area (Å²) in [5.41, 5.74) is 2.28. The summed E-state index contributed by atoms with van der Waals surface area (Å²) < 4.78 is 1.79. The lowest BCUT2D eigenvalue weighted by molar-refractivity contribution is -0.126. The molecule has 0 spiro atoms. The zero-order chi connectivity index (χ0) is 21.0. The first-order valence-corrected chi connectivity index (χ1v) is 10.7. The van der Waals surface area contributed by atoms with Crippen molar-refractivity contribution in [2.75, 3.05) is 19.6 Å². The van der Waals surface area contributed by atoms with Crippen LogP contribution in [0.25, 0.3) is 5.69 Å². The molecule has 2 amide bonds. The molecule has 0 aliphatic carbocycles. The Balaban J connectivity index is 1.84. The van der Waals surface area contributed by atoms with E-state index in [1.807, 2.05) is 45.0 Å².